The van der Waals surface area contributed by atoms with Crippen LogP contribution in [0.1, 0.15) is 45.4 Å². The smallest absolute Gasteiger partial charge is 0.212 e. The summed E-state index contributed by atoms with van der Waals surface area (Å²) >= 11 is 0. The first-order valence-corrected chi connectivity index (χ1v) is 7.79. The first-order chi connectivity index (χ1) is 8.11. The van der Waals surface area contributed by atoms with Crippen LogP contribution < -0.4 is 0 Å². The predicted octanol–water partition coefficient (Wildman–Crippen LogP) is 1.65. The van der Waals surface area contributed by atoms with E-state index in [1.165, 1.54) is 10.4 Å². The first kappa shape index (κ1) is 14.4. The third-order valence-electron chi connectivity index (χ3n) is 2.99. The molecule has 17 heavy (non-hydrogen) atoms. The number of unbranched alkanes of at least 4 members (excludes halogenated alkanes) is 1. The van der Waals surface area contributed by atoms with Crippen LogP contribution in [0.15, 0.2) is 4.99 Å². The van der Waals surface area contributed by atoms with Crippen LogP contribution in [0, 0.1) is 0 Å². The Kier molecular flexibility index (Phi) is 5.82. The minimum absolute atomic E-state index is 0.147. The van der Waals surface area contributed by atoms with Crippen molar-refractivity contribution in [3.63, 3.8) is 0 Å². The average Bonchev–Trinajstić information content (AvgIpc) is 2.53. The number of sulfonamides is 1. The SMILES string of the molecule is CCCCS(=O)(=O)N1CCCCCC1N=C=O. The molecule has 0 spiro atoms. The molecule has 0 bridgehead atoms. The lowest BCUT2D eigenvalue weighted by atomic mass is 10.2. The zero-order valence-corrected chi connectivity index (χ0v) is 11.1. The number of isocyanates is 1. The van der Waals surface area contributed by atoms with Crippen molar-refractivity contribution >= 4 is 16.1 Å². The van der Waals surface area contributed by atoms with Crippen molar-refractivity contribution < 1.29 is 13.2 Å². The van der Waals surface area contributed by atoms with E-state index in [-0.39, 0.29) is 5.75 Å². The van der Waals surface area contributed by atoms with Gasteiger partial charge in [-0.3, -0.25) is 0 Å². The Morgan fingerprint density at radius 3 is 2.76 bits per heavy atom. The van der Waals surface area contributed by atoms with E-state index in [0.717, 1.165) is 25.7 Å². The van der Waals surface area contributed by atoms with Gasteiger partial charge in [0.15, 0.2) is 0 Å². The number of nitrogens with zero attached hydrogens (tertiary/aromatic N) is 2. The van der Waals surface area contributed by atoms with Crippen LogP contribution in [0.25, 0.3) is 0 Å². The molecule has 1 unspecified atom stereocenters. The molecule has 0 aliphatic carbocycles. The van der Waals surface area contributed by atoms with E-state index in [1.807, 2.05) is 6.92 Å². The van der Waals surface area contributed by atoms with Gasteiger partial charge in [-0.25, -0.2) is 13.2 Å². The highest BCUT2D eigenvalue weighted by atomic mass is 32.2. The molecule has 1 atom stereocenters. The predicted molar refractivity (Wildman–Crippen MR) is 65.8 cm³/mol. The van der Waals surface area contributed by atoms with E-state index in [1.54, 1.807) is 0 Å². The van der Waals surface area contributed by atoms with Gasteiger partial charge in [0.05, 0.1) is 5.75 Å². The second-order valence-electron chi connectivity index (χ2n) is 4.33. The minimum Gasteiger partial charge on any atom is -0.212 e. The Hall–Kier alpha value is -0.710. The van der Waals surface area contributed by atoms with Crippen LogP contribution in [0.5, 0.6) is 0 Å². The Morgan fingerprint density at radius 2 is 2.12 bits per heavy atom. The normalized spacial score (nSPS) is 22.8. The molecule has 0 radical (unpaired) electrons. The fraction of sp³-hybridized carbons (Fsp3) is 0.909. The summed E-state index contributed by atoms with van der Waals surface area (Å²) in [5, 5.41) is 0. The van der Waals surface area contributed by atoms with Crippen LogP contribution in [0.3, 0.4) is 0 Å². The molecule has 98 valence electrons. The molecular formula is C11H20N2O3S. The molecule has 1 saturated heterocycles. The van der Waals surface area contributed by atoms with Gasteiger partial charge in [-0.05, 0) is 25.7 Å². The largest absolute Gasteiger partial charge is 0.236 e. The van der Waals surface area contributed by atoms with Gasteiger partial charge in [0.1, 0.15) is 6.17 Å². The summed E-state index contributed by atoms with van der Waals surface area (Å²) in [7, 11) is -3.28. The summed E-state index contributed by atoms with van der Waals surface area (Å²) in [6.45, 7) is 2.43. The van der Waals surface area contributed by atoms with Crippen molar-refractivity contribution in [3.8, 4) is 0 Å². The molecule has 6 heteroatoms. The second kappa shape index (κ2) is 6.89. The summed E-state index contributed by atoms with van der Waals surface area (Å²) in [6, 6.07) is 0. The average molecular weight is 260 g/mol. The molecule has 1 aliphatic rings. The Labute approximate surface area is 103 Å². The van der Waals surface area contributed by atoms with Gasteiger partial charge in [-0.15, -0.1) is 0 Å². The lowest BCUT2D eigenvalue weighted by Crippen LogP contribution is -2.40. The molecule has 1 rings (SSSR count). The molecular weight excluding hydrogens is 240 g/mol. The standard InChI is InChI=1S/C11H20N2O3S/c1-2-3-9-17(15,16)13-8-6-4-5-7-11(13)12-10-14/h11H,2-9H2,1H3. The van der Waals surface area contributed by atoms with Crippen LogP contribution in [0.2, 0.25) is 0 Å². The minimum atomic E-state index is -3.28. The second-order valence-corrected chi connectivity index (χ2v) is 6.37. The molecule has 0 aromatic heterocycles. The molecule has 0 aromatic rings. The van der Waals surface area contributed by atoms with Crippen molar-refractivity contribution in [1.29, 1.82) is 0 Å². The van der Waals surface area contributed by atoms with Crippen molar-refractivity contribution in [2.24, 2.45) is 4.99 Å². The monoisotopic (exact) mass is 260 g/mol. The van der Waals surface area contributed by atoms with Gasteiger partial charge in [-0.1, -0.05) is 19.8 Å². The van der Waals surface area contributed by atoms with Gasteiger partial charge in [0, 0.05) is 6.54 Å². The van der Waals surface area contributed by atoms with Crippen molar-refractivity contribution in [3.05, 3.63) is 0 Å². The number of carbonyl (C=O) groups excluding carboxylic acids is 1. The quantitative estimate of drug-likeness (QED) is 0.557. The summed E-state index contributed by atoms with van der Waals surface area (Å²) in [5.74, 6) is 0.147. The van der Waals surface area contributed by atoms with E-state index < -0.39 is 16.2 Å². The zero-order chi connectivity index (χ0) is 12.7. The van der Waals surface area contributed by atoms with Crippen LogP contribution in [-0.2, 0) is 14.8 Å². The maximum Gasteiger partial charge on any atom is 0.236 e. The molecule has 5 nitrogen and oxygen atoms in total. The Balaban J connectivity index is 2.84. The molecule has 0 saturated carbocycles. The Bertz CT molecular complexity index is 374. The highest BCUT2D eigenvalue weighted by molar-refractivity contribution is 7.89. The fourth-order valence-electron chi connectivity index (χ4n) is 2.02. The Morgan fingerprint density at radius 1 is 1.35 bits per heavy atom. The molecule has 0 aromatic carbocycles. The van der Waals surface area contributed by atoms with Gasteiger partial charge in [-0.2, -0.15) is 9.30 Å². The highest BCUT2D eigenvalue weighted by Gasteiger charge is 2.30. The summed E-state index contributed by atoms with van der Waals surface area (Å²) in [5.41, 5.74) is 0. The molecule has 1 heterocycles. The van der Waals surface area contributed by atoms with E-state index in [9.17, 15) is 13.2 Å². The number of rotatable bonds is 5. The first-order valence-electron chi connectivity index (χ1n) is 6.18. The number of hydrogen-bond donors (Lipinski definition) is 0. The zero-order valence-electron chi connectivity index (χ0n) is 10.3. The summed E-state index contributed by atoms with van der Waals surface area (Å²) in [6.07, 6.45) is 5.82. The van der Waals surface area contributed by atoms with E-state index in [0.29, 0.717) is 19.4 Å². The summed E-state index contributed by atoms with van der Waals surface area (Å²) in [4.78, 5) is 14.0. The lowest BCUT2D eigenvalue weighted by molar-refractivity contribution is 0.330. The van der Waals surface area contributed by atoms with Crippen LogP contribution in [0.4, 0.5) is 0 Å². The van der Waals surface area contributed by atoms with Gasteiger partial charge in [0.2, 0.25) is 16.1 Å². The number of hydrogen-bond acceptors (Lipinski definition) is 4. The lowest BCUT2D eigenvalue weighted by Gasteiger charge is -2.24. The van der Waals surface area contributed by atoms with Crippen molar-refractivity contribution in [1.82, 2.24) is 4.31 Å². The maximum atomic E-state index is 12.1. The number of aliphatic imine (C=N–C) groups is 1. The maximum absolute atomic E-state index is 12.1. The van der Waals surface area contributed by atoms with Crippen molar-refractivity contribution in [2.75, 3.05) is 12.3 Å². The third-order valence-corrected chi connectivity index (χ3v) is 4.93. The molecule has 1 aliphatic heterocycles. The van der Waals surface area contributed by atoms with E-state index >= 15 is 0 Å². The van der Waals surface area contributed by atoms with E-state index in [2.05, 4.69) is 4.99 Å². The van der Waals surface area contributed by atoms with Gasteiger partial charge >= 0.3 is 0 Å². The van der Waals surface area contributed by atoms with Gasteiger partial charge < -0.3 is 0 Å². The van der Waals surface area contributed by atoms with Crippen molar-refractivity contribution in [2.45, 2.75) is 51.6 Å². The van der Waals surface area contributed by atoms with Crippen LogP contribution >= 0.6 is 0 Å². The fourth-order valence-corrected chi connectivity index (χ4v) is 3.84. The highest BCUT2D eigenvalue weighted by Crippen LogP contribution is 2.21. The van der Waals surface area contributed by atoms with E-state index in [4.69, 9.17) is 0 Å². The topological polar surface area (TPSA) is 66.8 Å². The molecule has 0 N–H and O–H groups in total. The molecule has 0 amide bonds. The molecule has 1 fully saturated rings. The van der Waals surface area contributed by atoms with Crippen LogP contribution in [-0.4, -0.2) is 37.3 Å². The summed E-state index contributed by atoms with van der Waals surface area (Å²) < 4.78 is 25.6. The third kappa shape index (κ3) is 4.22. The van der Waals surface area contributed by atoms with Gasteiger partial charge in [0.25, 0.3) is 0 Å².